The molecule has 1 amide bonds. The van der Waals surface area contributed by atoms with Crippen LogP contribution in [0.15, 0.2) is 6.20 Å². The molecule has 2 heterocycles. The van der Waals surface area contributed by atoms with E-state index < -0.39 is 0 Å². The smallest absolute Gasteiger partial charge is 0.252 e. The minimum atomic E-state index is -0.388. The van der Waals surface area contributed by atoms with E-state index >= 15 is 0 Å². The number of carbonyl (C=O) groups is 1. The van der Waals surface area contributed by atoms with E-state index in [1.807, 2.05) is 0 Å². The van der Waals surface area contributed by atoms with E-state index in [1.165, 1.54) is 32.1 Å². The lowest BCUT2D eigenvalue weighted by molar-refractivity contribution is 0.100. The van der Waals surface area contributed by atoms with Gasteiger partial charge in [-0.2, -0.15) is 0 Å². The van der Waals surface area contributed by atoms with Crippen molar-refractivity contribution < 1.29 is 4.79 Å². The standard InChI is InChI=1S/C16H22N4O/c17-15(21)12-8-19-16-11(5-6-18-16)14(12)20-13-7-9-1-3-10(13)4-2-9/h8-10,13H,1-7H2,(H2,17,21)(H2,18,19,20)/t9?,10?,13-/m0/s1. The van der Waals surface area contributed by atoms with Crippen molar-refractivity contribution in [2.24, 2.45) is 17.6 Å². The predicted octanol–water partition coefficient (Wildman–Crippen LogP) is 2.14. The Hall–Kier alpha value is -1.78. The molecule has 3 aliphatic carbocycles. The molecule has 112 valence electrons. The molecule has 5 heteroatoms. The summed E-state index contributed by atoms with van der Waals surface area (Å²) in [5.74, 6) is 2.12. The van der Waals surface area contributed by atoms with Gasteiger partial charge in [0, 0.05) is 24.3 Å². The topological polar surface area (TPSA) is 80.0 Å². The van der Waals surface area contributed by atoms with Crippen LogP contribution in [0.4, 0.5) is 11.5 Å². The summed E-state index contributed by atoms with van der Waals surface area (Å²) in [4.78, 5) is 16.1. The predicted molar refractivity (Wildman–Crippen MR) is 82.4 cm³/mol. The molecule has 0 radical (unpaired) electrons. The van der Waals surface area contributed by atoms with Crippen molar-refractivity contribution in [2.75, 3.05) is 17.2 Å². The van der Waals surface area contributed by atoms with Crippen molar-refractivity contribution in [2.45, 2.75) is 44.6 Å². The van der Waals surface area contributed by atoms with Crippen LogP contribution in [0.3, 0.4) is 0 Å². The zero-order chi connectivity index (χ0) is 14.4. The summed E-state index contributed by atoms with van der Waals surface area (Å²) in [6.45, 7) is 0.885. The van der Waals surface area contributed by atoms with Crippen LogP contribution in [0.1, 0.15) is 48.0 Å². The highest BCUT2D eigenvalue weighted by Gasteiger charge is 2.36. The van der Waals surface area contributed by atoms with Crippen molar-refractivity contribution in [3.63, 3.8) is 0 Å². The Labute approximate surface area is 124 Å². The van der Waals surface area contributed by atoms with Gasteiger partial charge in [0.15, 0.2) is 0 Å². The largest absolute Gasteiger partial charge is 0.381 e. The van der Waals surface area contributed by atoms with Gasteiger partial charge in [0.05, 0.1) is 11.3 Å². The van der Waals surface area contributed by atoms with Crippen LogP contribution in [0.25, 0.3) is 0 Å². The first-order valence-corrected chi connectivity index (χ1v) is 8.04. The number of nitrogens with two attached hydrogens (primary N) is 1. The first-order valence-electron chi connectivity index (χ1n) is 8.04. The normalized spacial score (nSPS) is 29.8. The molecule has 1 aromatic rings. The molecule has 1 aliphatic heterocycles. The summed E-state index contributed by atoms with van der Waals surface area (Å²) in [5.41, 5.74) is 8.16. The zero-order valence-corrected chi connectivity index (χ0v) is 12.2. The Balaban J connectivity index is 1.67. The molecule has 5 nitrogen and oxygen atoms in total. The summed E-state index contributed by atoms with van der Waals surface area (Å²) in [6.07, 6.45) is 9.14. The summed E-state index contributed by atoms with van der Waals surface area (Å²) < 4.78 is 0. The highest BCUT2D eigenvalue weighted by molar-refractivity contribution is 6.00. The van der Waals surface area contributed by atoms with E-state index in [9.17, 15) is 4.79 Å². The fourth-order valence-corrected chi connectivity index (χ4v) is 4.35. The van der Waals surface area contributed by atoms with E-state index in [4.69, 9.17) is 5.73 Å². The number of nitrogens with zero attached hydrogens (tertiary/aromatic N) is 1. The van der Waals surface area contributed by atoms with Crippen LogP contribution in [-0.4, -0.2) is 23.5 Å². The number of aromatic nitrogens is 1. The lowest BCUT2D eigenvalue weighted by Gasteiger charge is -2.43. The number of amides is 1. The molecule has 1 aromatic heterocycles. The van der Waals surface area contributed by atoms with Gasteiger partial charge in [-0.15, -0.1) is 0 Å². The average molecular weight is 286 g/mol. The molecule has 0 saturated heterocycles. The summed E-state index contributed by atoms with van der Waals surface area (Å²) in [7, 11) is 0. The van der Waals surface area contributed by atoms with Crippen molar-refractivity contribution in [3.05, 3.63) is 17.3 Å². The van der Waals surface area contributed by atoms with Crippen LogP contribution in [0, 0.1) is 11.8 Å². The lowest BCUT2D eigenvalue weighted by atomic mass is 9.68. The third kappa shape index (κ3) is 2.15. The van der Waals surface area contributed by atoms with E-state index in [0.29, 0.717) is 11.6 Å². The number of pyridine rings is 1. The molecule has 3 saturated carbocycles. The third-order valence-electron chi connectivity index (χ3n) is 5.49. The Morgan fingerprint density at radius 3 is 2.81 bits per heavy atom. The molecule has 4 N–H and O–H groups in total. The van der Waals surface area contributed by atoms with Crippen molar-refractivity contribution in [1.82, 2.24) is 4.98 Å². The van der Waals surface area contributed by atoms with Gasteiger partial charge in [-0.1, -0.05) is 12.8 Å². The van der Waals surface area contributed by atoms with Gasteiger partial charge in [-0.05, 0) is 37.5 Å². The maximum absolute atomic E-state index is 11.7. The quantitative estimate of drug-likeness (QED) is 0.795. The molecular formula is C16H22N4O. The minimum Gasteiger partial charge on any atom is -0.381 e. The van der Waals surface area contributed by atoms with E-state index in [1.54, 1.807) is 6.20 Å². The minimum absolute atomic E-state index is 0.388. The maximum atomic E-state index is 11.7. The summed E-state index contributed by atoms with van der Waals surface area (Å²) in [5, 5.41) is 6.96. The maximum Gasteiger partial charge on any atom is 0.252 e. The Bertz CT molecular complexity index is 578. The SMILES string of the molecule is NC(=O)c1cnc2c(c1N[C@H]1CC3CCC1CC3)CCN2. The molecule has 21 heavy (non-hydrogen) atoms. The van der Waals surface area contributed by atoms with Crippen LogP contribution in [-0.2, 0) is 6.42 Å². The Morgan fingerprint density at radius 1 is 1.33 bits per heavy atom. The summed E-state index contributed by atoms with van der Waals surface area (Å²) in [6, 6.07) is 0.489. The first-order chi connectivity index (χ1) is 10.2. The molecular weight excluding hydrogens is 264 g/mol. The monoisotopic (exact) mass is 286 g/mol. The highest BCUT2D eigenvalue weighted by Crippen LogP contribution is 2.43. The molecule has 4 aliphatic rings. The van der Waals surface area contributed by atoms with Crippen LogP contribution in [0.2, 0.25) is 0 Å². The molecule has 3 fully saturated rings. The highest BCUT2D eigenvalue weighted by atomic mass is 16.1. The second kappa shape index (κ2) is 4.90. The number of rotatable bonds is 3. The van der Waals surface area contributed by atoms with Crippen LogP contribution in [0.5, 0.6) is 0 Å². The van der Waals surface area contributed by atoms with Crippen molar-refractivity contribution >= 4 is 17.4 Å². The number of nitrogens with one attached hydrogen (secondary N) is 2. The van der Waals surface area contributed by atoms with Gasteiger partial charge < -0.3 is 16.4 Å². The Kier molecular flexibility index (Phi) is 3.01. The fraction of sp³-hybridized carbons (Fsp3) is 0.625. The molecule has 0 unspecified atom stereocenters. The van der Waals surface area contributed by atoms with Gasteiger partial charge in [0.25, 0.3) is 5.91 Å². The van der Waals surface area contributed by atoms with Gasteiger partial charge >= 0.3 is 0 Å². The number of hydrogen-bond donors (Lipinski definition) is 3. The lowest BCUT2D eigenvalue weighted by Crippen LogP contribution is -2.40. The Morgan fingerprint density at radius 2 is 2.14 bits per heavy atom. The van der Waals surface area contributed by atoms with Crippen molar-refractivity contribution in [1.29, 1.82) is 0 Å². The van der Waals surface area contributed by atoms with Gasteiger partial charge in [-0.3, -0.25) is 4.79 Å². The molecule has 1 atom stereocenters. The second-order valence-corrected chi connectivity index (χ2v) is 6.68. The second-order valence-electron chi connectivity index (χ2n) is 6.68. The zero-order valence-electron chi connectivity index (χ0n) is 12.2. The molecule has 2 bridgehead atoms. The number of primary amides is 1. The van der Waals surface area contributed by atoms with E-state index in [2.05, 4.69) is 15.6 Å². The van der Waals surface area contributed by atoms with Gasteiger partial charge in [0.1, 0.15) is 5.82 Å². The molecule has 0 spiro atoms. The van der Waals surface area contributed by atoms with Gasteiger partial charge in [-0.25, -0.2) is 4.98 Å². The number of anilines is 2. The van der Waals surface area contributed by atoms with Gasteiger partial charge in [0.2, 0.25) is 0 Å². The van der Waals surface area contributed by atoms with E-state index in [0.717, 1.165) is 41.9 Å². The average Bonchev–Trinajstić information content (AvgIpc) is 2.97. The van der Waals surface area contributed by atoms with Crippen LogP contribution >= 0.6 is 0 Å². The van der Waals surface area contributed by atoms with E-state index in [-0.39, 0.29) is 5.91 Å². The first kappa shape index (κ1) is 12.9. The number of fused-ring (bicyclic) bond motifs is 4. The summed E-state index contributed by atoms with van der Waals surface area (Å²) >= 11 is 0. The number of hydrogen-bond acceptors (Lipinski definition) is 4. The fourth-order valence-electron chi connectivity index (χ4n) is 4.35. The number of carbonyl (C=O) groups excluding carboxylic acids is 1. The van der Waals surface area contributed by atoms with Crippen LogP contribution < -0.4 is 16.4 Å². The van der Waals surface area contributed by atoms with Crippen molar-refractivity contribution in [3.8, 4) is 0 Å². The molecule has 0 aromatic carbocycles. The third-order valence-corrected chi connectivity index (χ3v) is 5.49. The molecule has 5 rings (SSSR count).